The van der Waals surface area contributed by atoms with E-state index in [1.54, 1.807) is 25.4 Å². The number of carbonyl (C=O) groups excluding carboxylic acids is 2. The minimum absolute atomic E-state index is 0.0534. The summed E-state index contributed by atoms with van der Waals surface area (Å²) in [6, 6.07) is 2.79. The molecule has 1 aliphatic heterocycles. The van der Waals surface area contributed by atoms with Crippen LogP contribution in [0.5, 0.6) is 0 Å². The molecular formula is C17H20N2O4S. The van der Waals surface area contributed by atoms with Crippen LogP contribution in [0.1, 0.15) is 19.4 Å². The third kappa shape index (κ3) is 4.67. The molecule has 1 aliphatic rings. The second kappa shape index (κ2) is 8.10. The number of carboxylic acid groups (broad SMARTS) is 1. The Balaban J connectivity index is 2.06. The van der Waals surface area contributed by atoms with Gasteiger partial charge in [-0.1, -0.05) is 18.7 Å². The molecule has 2 heterocycles. The average Bonchev–Trinajstić information content (AvgIpc) is 2.96. The fourth-order valence-corrected chi connectivity index (χ4v) is 3.20. The van der Waals surface area contributed by atoms with Gasteiger partial charge in [0.05, 0.1) is 0 Å². The number of nitrogens with zero attached hydrogens (tertiary/aromatic N) is 2. The topological polar surface area (TPSA) is 87.6 Å². The maximum atomic E-state index is 12.6. The van der Waals surface area contributed by atoms with E-state index in [2.05, 4.69) is 4.98 Å². The van der Waals surface area contributed by atoms with Crippen molar-refractivity contribution in [2.45, 2.75) is 26.3 Å². The Bertz CT molecular complexity index is 660. The largest absolute Gasteiger partial charge is 0.479 e. The van der Waals surface area contributed by atoms with Crippen molar-refractivity contribution < 1.29 is 19.5 Å². The number of hydrogen-bond acceptors (Lipinski definition) is 5. The van der Waals surface area contributed by atoms with Crippen LogP contribution in [0.2, 0.25) is 0 Å². The summed E-state index contributed by atoms with van der Waals surface area (Å²) in [5, 5.41) is 9.36. The van der Waals surface area contributed by atoms with E-state index in [1.807, 2.05) is 12.1 Å². The van der Waals surface area contributed by atoms with Crippen LogP contribution in [0.25, 0.3) is 0 Å². The Hall–Kier alpha value is -2.15. The zero-order chi connectivity index (χ0) is 17.7. The number of carboxylic acids is 1. The molecule has 2 rings (SSSR count). The normalized spacial score (nSPS) is 18.2. The van der Waals surface area contributed by atoms with Crippen LogP contribution in [-0.4, -0.2) is 50.3 Å². The molecule has 7 heteroatoms. The Morgan fingerprint density at radius 1 is 1.38 bits per heavy atom. The minimum atomic E-state index is -1.04. The fourth-order valence-electron chi connectivity index (χ4n) is 2.58. The Labute approximate surface area is 144 Å². The maximum absolute atomic E-state index is 12.6. The Morgan fingerprint density at radius 2 is 2.04 bits per heavy atom. The summed E-state index contributed by atoms with van der Waals surface area (Å²) in [6.45, 7) is 3.47. The molecule has 0 aromatic carbocycles. The number of aromatic nitrogens is 1. The standard InChI is InChI=1S/C17H20N2O4S/c1-11(10-24-12(2)20)16(21)19-9-14(8-15(19)17(22)23)7-13-3-5-18-6-4-13/h3-6,8,11,15H,7,9-10H2,1-2H3,(H,22,23)/t11-,15?/m1/s1. The fraction of sp³-hybridized carbons (Fsp3) is 0.412. The van der Waals surface area contributed by atoms with Crippen molar-refractivity contribution in [2.24, 2.45) is 5.92 Å². The van der Waals surface area contributed by atoms with E-state index in [4.69, 9.17) is 0 Å². The number of thioether (sulfide) groups is 1. The van der Waals surface area contributed by atoms with Gasteiger partial charge in [-0.3, -0.25) is 14.6 Å². The summed E-state index contributed by atoms with van der Waals surface area (Å²) in [4.78, 5) is 40.4. The van der Waals surface area contributed by atoms with Crippen LogP contribution in [-0.2, 0) is 20.8 Å². The van der Waals surface area contributed by atoms with Crippen LogP contribution >= 0.6 is 11.8 Å². The van der Waals surface area contributed by atoms with Crippen LogP contribution < -0.4 is 0 Å². The Morgan fingerprint density at radius 3 is 2.62 bits per heavy atom. The summed E-state index contributed by atoms with van der Waals surface area (Å²) in [6.07, 6.45) is 5.60. The van der Waals surface area contributed by atoms with Crippen molar-refractivity contribution in [1.29, 1.82) is 0 Å². The number of rotatable bonds is 6. The van der Waals surface area contributed by atoms with Gasteiger partial charge in [0.25, 0.3) is 0 Å². The number of aliphatic carboxylic acids is 1. The highest BCUT2D eigenvalue weighted by molar-refractivity contribution is 8.13. The minimum Gasteiger partial charge on any atom is -0.479 e. The van der Waals surface area contributed by atoms with Gasteiger partial charge in [-0.05, 0) is 35.8 Å². The second-order valence-corrected chi connectivity index (χ2v) is 7.01. The first-order chi connectivity index (χ1) is 11.4. The molecule has 24 heavy (non-hydrogen) atoms. The molecule has 6 nitrogen and oxygen atoms in total. The van der Waals surface area contributed by atoms with Crippen molar-refractivity contribution in [3.8, 4) is 0 Å². The van der Waals surface area contributed by atoms with Gasteiger partial charge in [-0.25, -0.2) is 4.79 Å². The van der Waals surface area contributed by atoms with Gasteiger partial charge >= 0.3 is 5.97 Å². The van der Waals surface area contributed by atoms with Crippen molar-refractivity contribution in [3.63, 3.8) is 0 Å². The van der Waals surface area contributed by atoms with Gasteiger partial charge in [0.2, 0.25) is 5.91 Å². The van der Waals surface area contributed by atoms with E-state index < -0.39 is 17.9 Å². The van der Waals surface area contributed by atoms with Gasteiger partial charge in [0.15, 0.2) is 5.12 Å². The molecule has 128 valence electrons. The maximum Gasteiger partial charge on any atom is 0.330 e. The molecule has 0 fully saturated rings. The molecule has 0 bridgehead atoms. The third-order valence-electron chi connectivity index (χ3n) is 3.78. The van der Waals surface area contributed by atoms with Gasteiger partial charge in [-0.15, -0.1) is 0 Å². The first-order valence-corrected chi connectivity index (χ1v) is 8.62. The summed E-state index contributed by atoms with van der Waals surface area (Å²) in [5.74, 6) is -1.33. The lowest BCUT2D eigenvalue weighted by atomic mass is 10.1. The van der Waals surface area contributed by atoms with E-state index in [0.717, 1.165) is 22.9 Å². The van der Waals surface area contributed by atoms with Gasteiger partial charge in [-0.2, -0.15) is 0 Å². The molecule has 1 amide bonds. The Kier molecular flexibility index (Phi) is 6.14. The first kappa shape index (κ1) is 18.2. The van der Waals surface area contributed by atoms with Gasteiger partial charge < -0.3 is 10.0 Å². The monoisotopic (exact) mass is 348 g/mol. The SMILES string of the molecule is CC(=O)SC[C@@H](C)C(=O)N1CC(Cc2ccncc2)=CC1C(=O)O. The number of carbonyl (C=O) groups is 3. The molecule has 2 atom stereocenters. The number of amides is 1. The lowest BCUT2D eigenvalue weighted by molar-refractivity contribution is -0.148. The van der Waals surface area contributed by atoms with E-state index in [1.165, 1.54) is 11.8 Å². The zero-order valence-electron chi connectivity index (χ0n) is 13.6. The van der Waals surface area contributed by atoms with Crippen molar-refractivity contribution in [3.05, 3.63) is 41.7 Å². The molecule has 1 aromatic heterocycles. The summed E-state index contributed by atoms with van der Waals surface area (Å²) in [7, 11) is 0. The lowest BCUT2D eigenvalue weighted by Gasteiger charge is -2.25. The molecule has 1 aromatic rings. The predicted octanol–water partition coefficient (Wildman–Crippen LogP) is 1.76. The lowest BCUT2D eigenvalue weighted by Crippen LogP contribution is -2.44. The van der Waals surface area contributed by atoms with E-state index in [-0.39, 0.29) is 11.0 Å². The highest BCUT2D eigenvalue weighted by Crippen LogP contribution is 2.23. The summed E-state index contributed by atoms with van der Waals surface area (Å²) >= 11 is 1.08. The average molecular weight is 348 g/mol. The molecule has 0 aliphatic carbocycles. The molecule has 0 radical (unpaired) electrons. The van der Waals surface area contributed by atoms with Crippen molar-refractivity contribution >= 4 is 28.8 Å². The quantitative estimate of drug-likeness (QED) is 0.788. The first-order valence-electron chi connectivity index (χ1n) is 7.63. The van der Waals surface area contributed by atoms with Crippen LogP contribution in [0.4, 0.5) is 0 Å². The van der Waals surface area contributed by atoms with E-state index >= 15 is 0 Å². The van der Waals surface area contributed by atoms with Crippen molar-refractivity contribution in [2.75, 3.05) is 12.3 Å². The summed E-state index contributed by atoms with van der Waals surface area (Å²) in [5.41, 5.74) is 1.92. The molecule has 0 saturated carbocycles. The van der Waals surface area contributed by atoms with Crippen molar-refractivity contribution in [1.82, 2.24) is 9.88 Å². The van der Waals surface area contributed by atoms with Gasteiger partial charge in [0, 0.05) is 37.5 Å². The summed E-state index contributed by atoms with van der Waals surface area (Å²) < 4.78 is 0. The molecule has 0 saturated heterocycles. The molecule has 1 N–H and O–H groups in total. The number of hydrogen-bond donors (Lipinski definition) is 1. The second-order valence-electron chi connectivity index (χ2n) is 5.81. The van der Waals surface area contributed by atoms with E-state index in [9.17, 15) is 19.5 Å². The van der Waals surface area contributed by atoms with Crippen LogP contribution in [0.3, 0.4) is 0 Å². The smallest absolute Gasteiger partial charge is 0.330 e. The highest BCUT2D eigenvalue weighted by Gasteiger charge is 2.35. The van der Waals surface area contributed by atoms with Crippen LogP contribution in [0.15, 0.2) is 36.2 Å². The van der Waals surface area contributed by atoms with Crippen LogP contribution in [0, 0.1) is 5.92 Å². The van der Waals surface area contributed by atoms with E-state index in [0.29, 0.717) is 18.7 Å². The molecule has 0 spiro atoms. The third-order valence-corrected chi connectivity index (χ3v) is 4.85. The number of pyridine rings is 1. The molecular weight excluding hydrogens is 328 g/mol. The zero-order valence-corrected chi connectivity index (χ0v) is 14.5. The predicted molar refractivity (Wildman–Crippen MR) is 91.5 cm³/mol. The molecule has 1 unspecified atom stereocenters. The van der Waals surface area contributed by atoms with Gasteiger partial charge in [0.1, 0.15) is 6.04 Å². The highest BCUT2D eigenvalue weighted by atomic mass is 32.2.